The maximum absolute atomic E-state index is 6.42. The average Bonchev–Trinajstić information content (AvgIpc) is 3.35. The van der Waals surface area contributed by atoms with Gasteiger partial charge in [-0.05, 0) is 37.5 Å². The predicted molar refractivity (Wildman–Crippen MR) is 113 cm³/mol. The van der Waals surface area contributed by atoms with Gasteiger partial charge >= 0.3 is 0 Å². The molecule has 2 heterocycles. The SMILES string of the molecule is C=CCOc1c(C)sc([C@H]2CC[C@H](c3cc(OC)c(OC)c(OC)c3)O2)c1OC. The van der Waals surface area contributed by atoms with Crippen LogP contribution >= 0.6 is 11.3 Å². The van der Waals surface area contributed by atoms with Crippen molar-refractivity contribution in [3.8, 4) is 28.7 Å². The first-order valence-electron chi connectivity index (χ1n) is 9.44. The van der Waals surface area contributed by atoms with E-state index < -0.39 is 0 Å². The number of benzene rings is 1. The lowest BCUT2D eigenvalue weighted by molar-refractivity contribution is 0.0444. The molecule has 3 rings (SSSR count). The molecule has 1 aliphatic heterocycles. The van der Waals surface area contributed by atoms with E-state index in [0.717, 1.165) is 39.7 Å². The van der Waals surface area contributed by atoms with Gasteiger partial charge < -0.3 is 28.4 Å². The lowest BCUT2D eigenvalue weighted by Crippen LogP contribution is -2.02. The van der Waals surface area contributed by atoms with E-state index in [1.807, 2.05) is 19.1 Å². The zero-order valence-electron chi connectivity index (χ0n) is 17.6. The Morgan fingerprint density at radius 3 is 2.14 bits per heavy atom. The smallest absolute Gasteiger partial charge is 0.203 e. The fourth-order valence-electron chi connectivity index (χ4n) is 3.61. The topological polar surface area (TPSA) is 55.4 Å². The first-order valence-corrected chi connectivity index (χ1v) is 10.3. The Kier molecular flexibility index (Phi) is 6.92. The summed E-state index contributed by atoms with van der Waals surface area (Å²) in [4.78, 5) is 2.12. The van der Waals surface area contributed by atoms with Gasteiger partial charge in [0.15, 0.2) is 23.0 Å². The lowest BCUT2D eigenvalue weighted by atomic mass is 10.0. The highest BCUT2D eigenvalue weighted by atomic mass is 32.1. The van der Waals surface area contributed by atoms with Gasteiger partial charge in [0, 0.05) is 4.88 Å². The van der Waals surface area contributed by atoms with Crippen LogP contribution in [0.5, 0.6) is 28.7 Å². The van der Waals surface area contributed by atoms with E-state index in [1.54, 1.807) is 45.9 Å². The molecule has 1 aliphatic rings. The standard InChI is InChI=1S/C22H28O6S/c1-7-10-27-19-13(2)29-22(21(19)26-6)16-9-8-15(28-16)14-11-17(23-3)20(25-5)18(12-14)24-4/h7,11-12,15-16H,1,8-10H2,2-6H3/t15-,16-/m1/s1. The summed E-state index contributed by atoms with van der Waals surface area (Å²) in [5.74, 6) is 3.35. The van der Waals surface area contributed by atoms with E-state index in [2.05, 4.69) is 6.58 Å². The Morgan fingerprint density at radius 2 is 1.59 bits per heavy atom. The van der Waals surface area contributed by atoms with E-state index in [9.17, 15) is 0 Å². The number of aryl methyl sites for hydroxylation is 1. The van der Waals surface area contributed by atoms with Gasteiger partial charge in [-0.15, -0.1) is 11.3 Å². The van der Waals surface area contributed by atoms with Gasteiger partial charge in [0.1, 0.15) is 6.61 Å². The molecule has 1 aromatic carbocycles. The fourth-order valence-corrected chi connectivity index (χ4v) is 4.75. The Hall–Kier alpha value is -2.38. The fraction of sp³-hybridized carbons (Fsp3) is 0.455. The van der Waals surface area contributed by atoms with Gasteiger partial charge in [0.2, 0.25) is 5.75 Å². The Balaban J connectivity index is 1.86. The van der Waals surface area contributed by atoms with Gasteiger partial charge in [-0.3, -0.25) is 0 Å². The van der Waals surface area contributed by atoms with Crippen molar-refractivity contribution in [2.24, 2.45) is 0 Å². The lowest BCUT2D eigenvalue weighted by Gasteiger charge is -2.18. The van der Waals surface area contributed by atoms with Crippen molar-refractivity contribution in [1.29, 1.82) is 0 Å². The average molecular weight is 421 g/mol. The Bertz CT molecular complexity index is 834. The molecule has 0 radical (unpaired) electrons. The van der Waals surface area contributed by atoms with Crippen LogP contribution in [0.3, 0.4) is 0 Å². The summed E-state index contributed by atoms with van der Waals surface area (Å²) >= 11 is 1.65. The van der Waals surface area contributed by atoms with Crippen molar-refractivity contribution in [1.82, 2.24) is 0 Å². The number of rotatable bonds is 9. The minimum absolute atomic E-state index is 0.0566. The molecule has 6 nitrogen and oxygen atoms in total. The van der Waals surface area contributed by atoms with Crippen LogP contribution in [0.15, 0.2) is 24.8 Å². The van der Waals surface area contributed by atoms with Crippen molar-refractivity contribution in [3.63, 3.8) is 0 Å². The molecular weight excluding hydrogens is 392 g/mol. The Morgan fingerprint density at radius 1 is 0.966 bits per heavy atom. The van der Waals surface area contributed by atoms with Crippen molar-refractivity contribution in [2.45, 2.75) is 32.0 Å². The zero-order valence-corrected chi connectivity index (χ0v) is 18.4. The molecule has 0 unspecified atom stereocenters. The second kappa shape index (κ2) is 9.41. The Labute approximate surface area is 175 Å². The number of hydrogen-bond acceptors (Lipinski definition) is 7. The second-order valence-corrected chi connectivity index (χ2v) is 7.89. The molecular formula is C22H28O6S. The number of ether oxygens (including phenoxy) is 6. The molecule has 0 spiro atoms. The van der Waals surface area contributed by atoms with E-state index in [0.29, 0.717) is 23.9 Å². The third-order valence-corrected chi connectivity index (χ3v) is 6.09. The second-order valence-electron chi connectivity index (χ2n) is 6.63. The summed E-state index contributed by atoms with van der Waals surface area (Å²) in [6, 6.07) is 3.90. The monoisotopic (exact) mass is 420 g/mol. The van der Waals surface area contributed by atoms with E-state index in [4.69, 9.17) is 28.4 Å². The van der Waals surface area contributed by atoms with Crippen molar-refractivity contribution in [3.05, 3.63) is 40.1 Å². The van der Waals surface area contributed by atoms with Gasteiger partial charge in [-0.25, -0.2) is 0 Å². The normalized spacial score (nSPS) is 18.4. The van der Waals surface area contributed by atoms with Crippen molar-refractivity contribution >= 4 is 11.3 Å². The summed E-state index contributed by atoms with van der Waals surface area (Å²) in [7, 11) is 6.49. The van der Waals surface area contributed by atoms with Crippen molar-refractivity contribution in [2.75, 3.05) is 35.0 Å². The molecule has 2 atom stereocenters. The molecule has 0 saturated carbocycles. The molecule has 0 N–H and O–H groups in total. The quantitative estimate of drug-likeness (QED) is 0.517. The largest absolute Gasteiger partial charge is 0.493 e. The summed E-state index contributed by atoms with van der Waals surface area (Å²) in [6.07, 6.45) is 3.37. The molecule has 1 aromatic heterocycles. The maximum atomic E-state index is 6.42. The third-order valence-electron chi connectivity index (χ3n) is 4.93. The number of thiophene rings is 1. The minimum atomic E-state index is -0.0710. The summed E-state index contributed by atoms with van der Waals surface area (Å²) in [5, 5.41) is 0. The van der Waals surface area contributed by atoms with Crippen molar-refractivity contribution < 1.29 is 28.4 Å². The molecule has 0 amide bonds. The maximum Gasteiger partial charge on any atom is 0.203 e. The van der Waals surface area contributed by atoms with Gasteiger partial charge in [0.05, 0.1) is 45.5 Å². The molecule has 1 fully saturated rings. The molecule has 29 heavy (non-hydrogen) atoms. The first-order chi connectivity index (χ1) is 14.1. The molecule has 7 heteroatoms. The highest BCUT2D eigenvalue weighted by Crippen LogP contribution is 2.52. The third kappa shape index (κ3) is 4.16. The van der Waals surface area contributed by atoms with Gasteiger partial charge in [0.25, 0.3) is 0 Å². The molecule has 2 aromatic rings. The summed E-state index contributed by atoms with van der Waals surface area (Å²) in [6.45, 7) is 6.18. The highest BCUT2D eigenvalue weighted by molar-refractivity contribution is 7.12. The van der Waals surface area contributed by atoms with Crippen LogP contribution in [-0.4, -0.2) is 35.0 Å². The van der Waals surface area contributed by atoms with Crippen LogP contribution in [0, 0.1) is 6.92 Å². The molecule has 0 bridgehead atoms. The van der Waals surface area contributed by atoms with E-state index >= 15 is 0 Å². The highest BCUT2D eigenvalue weighted by Gasteiger charge is 2.34. The van der Waals surface area contributed by atoms with Crippen LogP contribution < -0.4 is 23.7 Å². The zero-order chi connectivity index (χ0) is 21.0. The number of hydrogen-bond donors (Lipinski definition) is 0. The van der Waals surface area contributed by atoms with E-state index in [-0.39, 0.29) is 12.2 Å². The van der Waals surface area contributed by atoms with Crippen LogP contribution in [-0.2, 0) is 4.74 Å². The summed E-state index contributed by atoms with van der Waals surface area (Å²) in [5.41, 5.74) is 0.998. The summed E-state index contributed by atoms with van der Waals surface area (Å²) < 4.78 is 34.3. The molecule has 1 saturated heterocycles. The van der Waals surface area contributed by atoms with E-state index in [1.165, 1.54) is 0 Å². The van der Waals surface area contributed by atoms with Gasteiger partial charge in [-0.2, -0.15) is 0 Å². The number of methoxy groups -OCH3 is 4. The molecule has 0 aliphatic carbocycles. The van der Waals surface area contributed by atoms with Gasteiger partial charge in [-0.1, -0.05) is 12.7 Å². The van der Waals surface area contributed by atoms with Crippen LogP contribution in [0.25, 0.3) is 0 Å². The van der Waals surface area contributed by atoms with Crippen LogP contribution in [0.1, 0.15) is 40.4 Å². The predicted octanol–water partition coefficient (Wildman–Crippen LogP) is 5.25. The minimum Gasteiger partial charge on any atom is -0.493 e. The van der Waals surface area contributed by atoms with Crippen LogP contribution in [0.4, 0.5) is 0 Å². The first kappa shape index (κ1) is 21.3. The molecule has 158 valence electrons. The van der Waals surface area contributed by atoms with Crippen LogP contribution in [0.2, 0.25) is 0 Å².